The first kappa shape index (κ1) is 26.5. The van der Waals surface area contributed by atoms with Crippen LogP contribution in [0.1, 0.15) is 63.7 Å². The maximum atomic E-state index is 10.5. The van der Waals surface area contributed by atoms with Crippen molar-refractivity contribution in [2.45, 2.75) is 65.1 Å². The molecule has 2 heterocycles. The van der Waals surface area contributed by atoms with Gasteiger partial charge in [-0.15, -0.1) is 10.2 Å². The Balaban J connectivity index is 1.41. The molecule has 200 valence electrons. The summed E-state index contributed by atoms with van der Waals surface area (Å²) in [5.41, 5.74) is 4.67. The van der Waals surface area contributed by atoms with Gasteiger partial charge in [0, 0.05) is 24.7 Å². The Bertz CT molecular complexity index is 1540. The lowest BCUT2D eigenvalue weighted by molar-refractivity contribution is 0.0741. The number of benzene rings is 3. The van der Waals surface area contributed by atoms with E-state index in [0.29, 0.717) is 18.1 Å². The standard InChI is InChI=1S/C32H36N6O/c1-6-12-29-33-28(32(4,5)39)22-37(29)21-23-17-19-24(20-18-23)26-15-10-11-16-27(26)30-34-36-38(35-30)31(2,3)25-13-8-7-9-14-25/h7-11,13-20,22,39H,6,12,21H2,1-5H3. The zero-order valence-corrected chi connectivity index (χ0v) is 23.3. The van der Waals surface area contributed by atoms with Crippen molar-refractivity contribution in [3.63, 3.8) is 0 Å². The molecule has 0 amide bonds. The van der Waals surface area contributed by atoms with Gasteiger partial charge in [-0.1, -0.05) is 85.8 Å². The highest BCUT2D eigenvalue weighted by Gasteiger charge is 2.27. The van der Waals surface area contributed by atoms with E-state index in [0.717, 1.165) is 40.9 Å². The first-order chi connectivity index (χ1) is 18.7. The highest BCUT2D eigenvalue weighted by atomic mass is 16.3. The van der Waals surface area contributed by atoms with Gasteiger partial charge in [-0.3, -0.25) is 0 Å². The summed E-state index contributed by atoms with van der Waals surface area (Å²) in [5, 5.41) is 24.1. The van der Waals surface area contributed by atoms with Crippen LogP contribution in [0, 0.1) is 0 Å². The molecule has 0 radical (unpaired) electrons. The van der Waals surface area contributed by atoms with Crippen molar-refractivity contribution in [1.29, 1.82) is 0 Å². The van der Waals surface area contributed by atoms with Crippen LogP contribution in [0.4, 0.5) is 0 Å². The van der Waals surface area contributed by atoms with E-state index in [9.17, 15) is 5.11 Å². The molecular formula is C32H36N6O. The van der Waals surface area contributed by atoms with Crippen molar-refractivity contribution in [2.75, 3.05) is 0 Å². The van der Waals surface area contributed by atoms with Crippen LogP contribution in [0.3, 0.4) is 0 Å². The molecule has 1 N–H and O–H groups in total. The third kappa shape index (κ3) is 5.54. The Kier molecular flexibility index (Phi) is 7.19. The van der Waals surface area contributed by atoms with E-state index in [4.69, 9.17) is 10.1 Å². The number of rotatable bonds is 9. The normalized spacial score (nSPS) is 12.2. The van der Waals surface area contributed by atoms with Gasteiger partial charge in [0.1, 0.15) is 17.0 Å². The summed E-state index contributed by atoms with van der Waals surface area (Å²) in [5.74, 6) is 1.59. The molecule has 0 bridgehead atoms. The molecule has 0 atom stereocenters. The highest BCUT2D eigenvalue weighted by Crippen LogP contribution is 2.31. The molecule has 0 saturated carbocycles. The molecule has 7 nitrogen and oxygen atoms in total. The molecule has 7 heteroatoms. The second-order valence-corrected chi connectivity index (χ2v) is 11.0. The van der Waals surface area contributed by atoms with Gasteiger partial charge in [0.25, 0.3) is 0 Å². The quantitative estimate of drug-likeness (QED) is 0.250. The van der Waals surface area contributed by atoms with Crippen LogP contribution in [0.5, 0.6) is 0 Å². The third-order valence-electron chi connectivity index (χ3n) is 7.14. The molecule has 5 rings (SSSR count). The monoisotopic (exact) mass is 520 g/mol. The predicted octanol–water partition coefficient (Wildman–Crippen LogP) is 6.22. The van der Waals surface area contributed by atoms with Gasteiger partial charge in [-0.2, -0.15) is 4.80 Å². The third-order valence-corrected chi connectivity index (χ3v) is 7.14. The van der Waals surface area contributed by atoms with E-state index in [2.05, 4.69) is 78.1 Å². The smallest absolute Gasteiger partial charge is 0.205 e. The largest absolute Gasteiger partial charge is 0.384 e. The Labute approximate surface area is 230 Å². The van der Waals surface area contributed by atoms with Gasteiger partial charge in [-0.25, -0.2) is 4.98 Å². The fourth-order valence-corrected chi connectivity index (χ4v) is 4.75. The summed E-state index contributed by atoms with van der Waals surface area (Å²) < 4.78 is 2.15. The summed E-state index contributed by atoms with van der Waals surface area (Å²) in [6, 6.07) is 27.0. The van der Waals surface area contributed by atoms with Crippen molar-refractivity contribution in [3.8, 4) is 22.5 Å². The minimum absolute atomic E-state index is 0.432. The summed E-state index contributed by atoms with van der Waals surface area (Å²) in [6.45, 7) is 10.6. The van der Waals surface area contributed by atoms with Crippen molar-refractivity contribution in [1.82, 2.24) is 29.8 Å². The van der Waals surface area contributed by atoms with Crippen LogP contribution < -0.4 is 0 Å². The molecule has 0 aliphatic rings. The van der Waals surface area contributed by atoms with Gasteiger partial charge in [0.15, 0.2) is 0 Å². The maximum absolute atomic E-state index is 10.5. The molecule has 0 aliphatic heterocycles. The van der Waals surface area contributed by atoms with Crippen LogP contribution in [-0.4, -0.2) is 34.9 Å². The zero-order valence-electron chi connectivity index (χ0n) is 23.3. The number of aryl methyl sites for hydroxylation is 1. The summed E-state index contributed by atoms with van der Waals surface area (Å²) in [4.78, 5) is 6.40. The van der Waals surface area contributed by atoms with Crippen molar-refractivity contribution in [3.05, 3.63) is 108 Å². The zero-order chi connectivity index (χ0) is 27.6. The second-order valence-electron chi connectivity index (χ2n) is 11.0. The molecule has 39 heavy (non-hydrogen) atoms. The molecule has 5 aromatic rings. The lowest BCUT2D eigenvalue weighted by Crippen LogP contribution is -2.30. The Hall–Kier alpha value is -4.10. The van der Waals surface area contributed by atoms with Crippen LogP contribution >= 0.6 is 0 Å². The molecular weight excluding hydrogens is 484 g/mol. The van der Waals surface area contributed by atoms with E-state index in [1.54, 1.807) is 18.6 Å². The lowest BCUT2D eigenvalue weighted by atomic mass is 9.95. The van der Waals surface area contributed by atoms with Gasteiger partial charge in [0.2, 0.25) is 5.82 Å². The van der Waals surface area contributed by atoms with E-state index in [1.807, 2.05) is 42.6 Å². The lowest BCUT2D eigenvalue weighted by Gasteiger charge is -2.23. The molecule has 0 unspecified atom stereocenters. The molecule has 0 fully saturated rings. The van der Waals surface area contributed by atoms with Crippen LogP contribution in [0.2, 0.25) is 0 Å². The number of hydrogen-bond acceptors (Lipinski definition) is 5. The molecule has 0 saturated heterocycles. The summed E-state index contributed by atoms with van der Waals surface area (Å²) >= 11 is 0. The number of hydrogen-bond donors (Lipinski definition) is 1. The average Bonchev–Trinajstić information content (AvgIpc) is 3.58. The van der Waals surface area contributed by atoms with Gasteiger partial charge in [0.05, 0.1) is 5.69 Å². The van der Waals surface area contributed by atoms with E-state index < -0.39 is 11.1 Å². The maximum Gasteiger partial charge on any atom is 0.205 e. The molecule has 0 aliphatic carbocycles. The minimum Gasteiger partial charge on any atom is -0.384 e. The van der Waals surface area contributed by atoms with Crippen LogP contribution in [-0.2, 0) is 24.1 Å². The minimum atomic E-state index is -0.965. The van der Waals surface area contributed by atoms with Gasteiger partial charge < -0.3 is 9.67 Å². The number of nitrogens with zero attached hydrogens (tertiary/aromatic N) is 6. The average molecular weight is 521 g/mol. The fraction of sp³-hybridized carbons (Fsp3) is 0.312. The van der Waals surface area contributed by atoms with Gasteiger partial charge in [-0.05, 0) is 61.6 Å². The summed E-state index contributed by atoms with van der Waals surface area (Å²) in [7, 11) is 0. The van der Waals surface area contributed by atoms with Crippen molar-refractivity contribution >= 4 is 0 Å². The first-order valence-corrected chi connectivity index (χ1v) is 13.5. The SMILES string of the molecule is CCCc1nc(C(C)(C)O)cn1Cc1ccc(-c2ccccc2-c2nnn(C(C)(C)c3ccccc3)n2)cc1. The fourth-order valence-electron chi connectivity index (χ4n) is 4.75. The van der Waals surface area contributed by atoms with Crippen molar-refractivity contribution in [2.24, 2.45) is 0 Å². The number of imidazole rings is 1. The number of aromatic nitrogens is 6. The van der Waals surface area contributed by atoms with Crippen LogP contribution in [0.15, 0.2) is 85.1 Å². The number of aliphatic hydroxyl groups is 1. The van der Waals surface area contributed by atoms with Crippen LogP contribution in [0.25, 0.3) is 22.5 Å². The van der Waals surface area contributed by atoms with E-state index in [1.165, 1.54) is 5.56 Å². The van der Waals surface area contributed by atoms with Crippen molar-refractivity contribution < 1.29 is 5.11 Å². The Morgan fingerprint density at radius 1 is 0.821 bits per heavy atom. The predicted molar refractivity (Wildman–Crippen MR) is 154 cm³/mol. The summed E-state index contributed by atoms with van der Waals surface area (Å²) in [6.07, 6.45) is 3.84. The van der Waals surface area contributed by atoms with E-state index in [-0.39, 0.29) is 0 Å². The first-order valence-electron chi connectivity index (χ1n) is 13.5. The molecule has 0 spiro atoms. The topological polar surface area (TPSA) is 81.7 Å². The second kappa shape index (κ2) is 10.6. The van der Waals surface area contributed by atoms with Gasteiger partial charge >= 0.3 is 0 Å². The Morgan fingerprint density at radius 2 is 1.49 bits per heavy atom. The molecule has 3 aromatic carbocycles. The Morgan fingerprint density at radius 3 is 2.15 bits per heavy atom. The molecule has 2 aromatic heterocycles. The van der Waals surface area contributed by atoms with E-state index >= 15 is 0 Å². The number of tetrazole rings is 1. The highest BCUT2D eigenvalue weighted by molar-refractivity contribution is 5.80.